The lowest BCUT2D eigenvalue weighted by molar-refractivity contribution is -0.145. The molecule has 146 valence electrons. The SMILES string of the molecule is CC(=O)OCC1=C(S(=O)(=O)O)N2C(=O)[C@@H](NC(=O)Cc3cccs3)[C@H]2SC1. The van der Waals surface area contributed by atoms with Crippen molar-refractivity contribution in [2.24, 2.45) is 0 Å². The van der Waals surface area contributed by atoms with Gasteiger partial charge in [-0.15, -0.1) is 23.1 Å². The first kappa shape index (κ1) is 19.9. The van der Waals surface area contributed by atoms with Gasteiger partial charge >= 0.3 is 16.1 Å². The van der Waals surface area contributed by atoms with Crippen molar-refractivity contribution in [3.63, 3.8) is 0 Å². The third-order valence-corrected chi connectivity index (χ3v) is 7.11. The van der Waals surface area contributed by atoms with Crippen molar-refractivity contribution in [2.75, 3.05) is 12.4 Å². The Morgan fingerprint density at radius 2 is 2.19 bits per heavy atom. The van der Waals surface area contributed by atoms with Crippen molar-refractivity contribution in [2.45, 2.75) is 24.8 Å². The number of carbonyl (C=O) groups is 3. The predicted molar refractivity (Wildman–Crippen MR) is 98.3 cm³/mol. The summed E-state index contributed by atoms with van der Waals surface area (Å²) >= 11 is 2.64. The average molecular weight is 433 g/mol. The third kappa shape index (κ3) is 4.18. The molecule has 2 N–H and O–H groups in total. The van der Waals surface area contributed by atoms with Crippen LogP contribution in [0.15, 0.2) is 28.1 Å². The number of rotatable bonds is 6. The second-order valence-electron chi connectivity index (χ2n) is 5.88. The van der Waals surface area contributed by atoms with Gasteiger partial charge in [-0.05, 0) is 11.4 Å². The second-order valence-corrected chi connectivity index (χ2v) is 9.35. The number of nitrogens with zero attached hydrogens (tertiary/aromatic N) is 1. The molecule has 1 aromatic rings. The minimum atomic E-state index is -4.71. The number of amides is 2. The van der Waals surface area contributed by atoms with Crippen LogP contribution in [0, 0.1) is 0 Å². The molecule has 0 spiro atoms. The van der Waals surface area contributed by atoms with Gasteiger partial charge in [-0.2, -0.15) is 8.42 Å². The summed E-state index contributed by atoms with van der Waals surface area (Å²) in [6.45, 7) is 0.823. The van der Waals surface area contributed by atoms with Crippen LogP contribution in [-0.2, 0) is 35.7 Å². The van der Waals surface area contributed by atoms with Crippen molar-refractivity contribution in [1.82, 2.24) is 10.2 Å². The molecule has 27 heavy (non-hydrogen) atoms. The fraction of sp³-hybridized carbons (Fsp3) is 0.400. The van der Waals surface area contributed by atoms with Crippen molar-refractivity contribution >= 4 is 51.0 Å². The molecule has 2 aliphatic rings. The van der Waals surface area contributed by atoms with E-state index in [1.54, 1.807) is 6.07 Å². The van der Waals surface area contributed by atoms with Crippen LogP contribution < -0.4 is 5.32 Å². The van der Waals surface area contributed by atoms with Crippen LogP contribution in [0.25, 0.3) is 0 Å². The molecule has 12 heteroatoms. The fourth-order valence-corrected chi connectivity index (χ4v) is 5.93. The van der Waals surface area contributed by atoms with Crippen LogP contribution in [0.1, 0.15) is 11.8 Å². The zero-order chi connectivity index (χ0) is 19.8. The first-order chi connectivity index (χ1) is 12.7. The molecule has 0 aliphatic carbocycles. The monoisotopic (exact) mass is 432 g/mol. The van der Waals surface area contributed by atoms with E-state index in [-0.39, 0.29) is 30.3 Å². The van der Waals surface area contributed by atoms with Crippen LogP contribution in [0.4, 0.5) is 0 Å². The smallest absolute Gasteiger partial charge is 0.310 e. The van der Waals surface area contributed by atoms with Crippen LogP contribution in [-0.4, -0.2) is 59.4 Å². The van der Waals surface area contributed by atoms with Crippen LogP contribution in [0.5, 0.6) is 0 Å². The minimum absolute atomic E-state index is 0.116. The number of hydrogen-bond donors (Lipinski definition) is 2. The Bertz CT molecular complexity index is 908. The normalized spacial score (nSPS) is 22.1. The van der Waals surface area contributed by atoms with E-state index in [0.717, 1.165) is 9.78 Å². The Kier molecular flexibility index (Phi) is 5.60. The van der Waals surface area contributed by atoms with Crippen LogP contribution in [0.2, 0.25) is 0 Å². The molecule has 0 aromatic carbocycles. The maximum absolute atomic E-state index is 12.5. The summed E-state index contributed by atoms with van der Waals surface area (Å²) in [6, 6.07) is 2.73. The Hall–Kier alpha value is -1.89. The van der Waals surface area contributed by atoms with E-state index in [4.69, 9.17) is 4.74 Å². The van der Waals surface area contributed by atoms with E-state index in [1.165, 1.54) is 30.0 Å². The summed E-state index contributed by atoms with van der Waals surface area (Å²) in [5.41, 5.74) is 0.116. The maximum atomic E-state index is 12.5. The number of hydrogen-bond acceptors (Lipinski definition) is 8. The second kappa shape index (κ2) is 7.62. The van der Waals surface area contributed by atoms with Gasteiger partial charge < -0.3 is 10.1 Å². The predicted octanol–water partition coefficient (Wildman–Crippen LogP) is 0.353. The first-order valence-electron chi connectivity index (χ1n) is 7.78. The van der Waals surface area contributed by atoms with Gasteiger partial charge in [0.1, 0.15) is 18.0 Å². The highest BCUT2D eigenvalue weighted by Crippen LogP contribution is 2.41. The quantitative estimate of drug-likeness (QED) is 0.374. The molecule has 0 bridgehead atoms. The zero-order valence-corrected chi connectivity index (χ0v) is 16.5. The number of thiophene rings is 1. The molecular formula is C15H16N2O7S3. The Morgan fingerprint density at radius 3 is 2.78 bits per heavy atom. The van der Waals surface area contributed by atoms with E-state index in [0.29, 0.717) is 0 Å². The van der Waals surface area contributed by atoms with Crippen molar-refractivity contribution in [3.05, 3.63) is 33.0 Å². The summed E-state index contributed by atoms with van der Waals surface area (Å²) in [6.07, 6.45) is 0.123. The molecule has 0 unspecified atom stereocenters. The number of ether oxygens (including phenoxy) is 1. The highest BCUT2D eigenvalue weighted by Gasteiger charge is 2.55. The van der Waals surface area contributed by atoms with Gasteiger partial charge in [0.05, 0.1) is 6.42 Å². The lowest BCUT2D eigenvalue weighted by Gasteiger charge is -2.49. The summed E-state index contributed by atoms with van der Waals surface area (Å²) < 4.78 is 37.9. The summed E-state index contributed by atoms with van der Waals surface area (Å²) in [7, 11) is -4.71. The molecule has 1 fully saturated rings. The van der Waals surface area contributed by atoms with Gasteiger partial charge in [0, 0.05) is 23.1 Å². The molecule has 3 heterocycles. The van der Waals surface area contributed by atoms with Crippen LogP contribution in [0.3, 0.4) is 0 Å². The van der Waals surface area contributed by atoms with E-state index in [1.807, 2.05) is 11.4 Å². The number of esters is 1. The third-order valence-electron chi connectivity index (χ3n) is 3.92. The number of fused-ring (bicyclic) bond motifs is 1. The van der Waals surface area contributed by atoms with E-state index < -0.39 is 38.4 Å². The summed E-state index contributed by atoms with van der Waals surface area (Å²) in [4.78, 5) is 37.3. The summed E-state index contributed by atoms with van der Waals surface area (Å²) in [5, 5.41) is 3.23. The topological polar surface area (TPSA) is 130 Å². The standard InChI is InChI=1S/C15H16N2O7S3/c1-8(18)24-6-9-7-26-14-12(13(20)17(14)15(9)27(21,22)23)16-11(19)5-10-3-2-4-25-10/h2-4,12,14H,5-7H2,1H3,(H,16,19)(H,21,22,23)/t12-,14-/m1/s1. The van der Waals surface area contributed by atoms with Gasteiger partial charge in [-0.3, -0.25) is 23.8 Å². The molecule has 2 aliphatic heterocycles. The molecule has 9 nitrogen and oxygen atoms in total. The summed E-state index contributed by atoms with van der Waals surface area (Å²) in [5.74, 6) is -1.47. The van der Waals surface area contributed by atoms with Crippen molar-refractivity contribution in [1.29, 1.82) is 0 Å². The molecule has 1 saturated heterocycles. The highest BCUT2D eigenvalue weighted by atomic mass is 32.2. The Labute approximate surface area is 163 Å². The van der Waals surface area contributed by atoms with E-state index in [2.05, 4.69) is 5.32 Å². The molecule has 0 radical (unpaired) electrons. The average Bonchev–Trinajstić information content (AvgIpc) is 3.08. The minimum Gasteiger partial charge on any atom is -0.461 e. The van der Waals surface area contributed by atoms with Gasteiger partial charge in [0.2, 0.25) is 5.91 Å². The van der Waals surface area contributed by atoms with E-state index >= 15 is 0 Å². The fourth-order valence-electron chi connectivity index (χ4n) is 2.80. The number of nitrogens with one attached hydrogen (secondary N) is 1. The molecule has 0 saturated carbocycles. The van der Waals surface area contributed by atoms with Gasteiger partial charge in [0.25, 0.3) is 5.91 Å². The number of thioether (sulfide) groups is 1. The van der Waals surface area contributed by atoms with Crippen molar-refractivity contribution < 1.29 is 32.1 Å². The van der Waals surface area contributed by atoms with E-state index in [9.17, 15) is 27.4 Å². The van der Waals surface area contributed by atoms with Gasteiger partial charge in [-0.25, -0.2) is 0 Å². The maximum Gasteiger partial charge on any atom is 0.310 e. The van der Waals surface area contributed by atoms with Gasteiger partial charge in [0.15, 0.2) is 5.03 Å². The molecule has 1 aromatic heterocycles. The van der Waals surface area contributed by atoms with Crippen LogP contribution >= 0.6 is 23.1 Å². The number of β-lactam (4-membered cyclic amide) rings is 1. The Morgan fingerprint density at radius 1 is 1.44 bits per heavy atom. The van der Waals surface area contributed by atoms with Gasteiger partial charge in [-0.1, -0.05) is 6.07 Å². The van der Waals surface area contributed by atoms with Crippen molar-refractivity contribution in [3.8, 4) is 0 Å². The lowest BCUT2D eigenvalue weighted by Crippen LogP contribution is -2.70. The Balaban J connectivity index is 1.75. The largest absolute Gasteiger partial charge is 0.461 e. The molecule has 2 amide bonds. The number of carbonyl (C=O) groups excluding carboxylic acids is 3. The molecule has 2 atom stereocenters. The highest BCUT2D eigenvalue weighted by molar-refractivity contribution is 8.00. The molecule has 3 rings (SSSR count). The zero-order valence-electron chi connectivity index (χ0n) is 14.1. The molecular weight excluding hydrogens is 416 g/mol. The first-order valence-corrected chi connectivity index (χ1v) is 11.1. The lowest BCUT2D eigenvalue weighted by atomic mass is 10.1.